The van der Waals surface area contributed by atoms with Gasteiger partial charge >= 0.3 is 59.1 Å². The fourth-order valence-electron chi connectivity index (χ4n) is 1.29. The summed E-state index contributed by atoms with van der Waals surface area (Å²) in [5.41, 5.74) is 0. The van der Waals surface area contributed by atoms with Gasteiger partial charge in [-0.15, -0.1) is 11.3 Å². The Bertz CT molecular complexity index is 574. The molecule has 0 unspecified atom stereocenters. The average molecular weight is 300 g/mol. The summed E-state index contributed by atoms with van der Waals surface area (Å²) in [4.78, 5) is 19.1. The maximum atomic E-state index is 11.5. The molecule has 2 aromatic heterocycles. The van der Waals surface area contributed by atoms with Crippen LogP contribution in [0.25, 0.3) is 10.2 Å². The van der Waals surface area contributed by atoms with E-state index in [1.807, 2.05) is 13.8 Å². The summed E-state index contributed by atoms with van der Waals surface area (Å²) in [7, 11) is 0. The Morgan fingerprint density at radius 1 is 1.32 bits per heavy atom. The van der Waals surface area contributed by atoms with E-state index in [0.29, 0.717) is 10.2 Å². The van der Waals surface area contributed by atoms with Crippen LogP contribution >= 0.6 is 11.3 Å². The van der Waals surface area contributed by atoms with Gasteiger partial charge in [0, 0.05) is 16.1 Å². The summed E-state index contributed by atoms with van der Waals surface area (Å²) in [6.45, 7) is 3.98. The first-order chi connectivity index (χ1) is 7.49. The van der Waals surface area contributed by atoms with E-state index in [9.17, 15) is 15.0 Å². The molecule has 2 N–H and O–H groups in total. The van der Waals surface area contributed by atoms with Crippen LogP contribution in [0.1, 0.15) is 35.3 Å². The topological polar surface area (TPSA) is 120 Å². The maximum absolute atomic E-state index is 11.5. The number of fused-ring (bicyclic) bond motifs is 1. The van der Waals surface area contributed by atoms with Crippen molar-refractivity contribution in [1.29, 1.82) is 0 Å². The van der Waals surface area contributed by atoms with E-state index in [1.165, 1.54) is 11.3 Å². The second kappa shape index (κ2) is 8.53. The summed E-state index contributed by atoms with van der Waals surface area (Å²) in [6, 6.07) is 1.71. The third kappa shape index (κ3) is 4.64. The van der Waals surface area contributed by atoms with E-state index in [4.69, 9.17) is 0 Å². The molecule has 6 nitrogen and oxygen atoms in total. The van der Waals surface area contributed by atoms with Crippen LogP contribution < -0.4 is 69.3 Å². The van der Waals surface area contributed by atoms with Gasteiger partial charge < -0.3 is 20.5 Å². The Labute approximate surface area is 158 Å². The van der Waals surface area contributed by atoms with Crippen molar-refractivity contribution in [2.75, 3.05) is 0 Å². The summed E-state index contributed by atoms with van der Waals surface area (Å²) in [5.74, 6) is -2.37. The zero-order valence-corrected chi connectivity index (χ0v) is 16.0. The van der Waals surface area contributed by atoms with Gasteiger partial charge in [0.1, 0.15) is 10.8 Å². The fraction of sp³-hybridized carbons (Fsp3) is 0.300. The fourth-order valence-corrected chi connectivity index (χ4v) is 2.31. The Morgan fingerprint density at radius 3 is 2.37 bits per heavy atom. The van der Waals surface area contributed by atoms with Crippen molar-refractivity contribution in [2.24, 2.45) is 0 Å². The summed E-state index contributed by atoms with van der Waals surface area (Å²) < 4.78 is 0. The van der Waals surface area contributed by atoms with Crippen LogP contribution in [0.15, 0.2) is 6.07 Å². The number of carbonyl (C=O) groups is 1. The SMILES string of the molecule is CC(C)c1cc2c([O-])nc(C(=O)[O-])nc2s1.O.[Na+].[Na+]. The van der Waals surface area contributed by atoms with Gasteiger partial charge in [-0.3, -0.25) is 0 Å². The number of carbonyl (C=O) groups excluding carboxylic acids is 1. The molecule has 2 aromatic rings. The molecule has 0 aliphatic rings. The van der Waals surface area contributed by atoms with Gasteiger partial charge in [0.25, 0.3) is 0 Å². The second-order valence-corrected chi connectivity index (χ2v) is 4.72. The molecule has 0 aromatic carbocycles. The molecule has 0 aliphatic heterocycles. The molecule has 0 fully saturated rings. The van der Waals surface area contributed by atoms with Crippen LogP contribution in [0.3, 0.4) is 0 Å². The normalized spacial score (nSPS) is 9.42. The minimum Gasteiger partial charge on any atom is -0.858 e. The molecule has 0 amide bonds. The molecule has 0 radical (unpaired) electrons. The number of aromatic nitrogens is 2. The van der Waals surface area contributed by atoms with Crippen molar-refractivity contribution in [1.82, 2.24) is 9.97 Å². The predicted molar refractivity (Wildman–Crippen MR) is 58.9 cm³/mol. The molecule has 2 rings (SSSR count). The van der Waals surface area contributed by atoms with Crippen LogP contribution in [-0.4, -0.2) is 21.4 Å². The molecular weight excluding hydrogens is 290 g/mol. The minimum atomic E-state index is -1.53. The Balaban J connectivity index is 0. The number of hydrogen-bond donors (Lipinski definition) is 0. The van der Waals surface area contributed by atoms with Crippen molar-refractivity contribution in [3.8, 4) is 5.88 Å². The third-order valence-electron chi connectivity index (χ3n) is 2.13. The molecule has 0 atom stereocenters. The van der Waals surface area contributed by atoms with Gasteiger partial charge in [0.15, 0.2) is 5.82 Å². The third-order valence-corrected chi connectivity index (χ3v) is 3.46. The monoisotopic (exact) mass is 300 g/mol. The number of hydrogen-bond acceptors (Lipinski definition) is 6. The number of rotatable bonds is 2. The first kappa shape index (κ1) is 21.6. The number of carboxylic acid groups (broad SMARTS) is 1. The maximum Gasteiger partial charge on any atom is 1.00 e. The van der Waals surface area contributed by atoms with Gasteiger partial charge in [-0.25, -0.2) is 9.97 Å². The zero-order valence-electron chi connectivity index (χ0n) is 11.2. The Hall–Kier alpha value is 0.270. The van der Waals surface area contributed by atoms with Gasteiger partial charge in [-0.2, -0.15) is 0 Å². The average Bonchev–Trinajstić information content (AvgIpc) is 2.61. The van der Waals surface area contributed by atoms with Gasteiger partial charge in [-0.1, -0.05) is 13.8 Å². The van der Waals surface area contributed by atoms with Crippen LogP contribution in [0.4, 0.5) is 0 Å². The summed E-state index contributed by atoms with van der Waals surface area (Å²) in [5, 5.41) is 22.4. The van der Waals surface area contributed by atoms with E-state index >= 15 is 0 Å². The van der Waals surface area contributed by atoms with E-state index in [2.05, 4.69) is 9.97 Å². The number of thiophene rings is 1. The van der Waals surface area contributed by atoms with Crippen molar-refractivity contribution in [2.45, 2.75) is 19.8 Å². The van der Waals surface area contributed by atoms with Crippen LogP contribution in [0.5, 0.6) is 5.88 Å². The molecule has 0 saturated heterocycles. The summed E-state index contributed by atoms with van der Waals surface area (Å²) >= 11 is 1.31. The van der Waals surface area contributed by atoms with Crippen molar-refractivity contribution >= 4 is 27.5 Å². The molecule has 0 saturated carbocycles. The minimum absolute atomic E-state index is 0. The number of nitrogens with zero attached hydrogens (tertiary/aromatic N) is 2. The van der Waals surface area contributed by atoms with Gasteiger partial charge in [0.05, 0.1) is 0 Å². The molecule has 2 heterocycles. The Morgan fingerprint density at radius 2 is 1.89 bits per heavy atom. The standard InChI is InChI=1S/C10H10N2O3S.2Na.H2O/c1-4(2)6-3-5-8(13)11-7(10(14)15)12-9(5)16-6;;;/h3-4H,1-2H3,(H,14,15)(H,11,12,13);;;1H2/q;2*+1;/p-2. The van der Waals surface area contributed by atoms with E-state index < -0.39 is 17.7 Å². The smallest absolute Gasteiger partial charge is 0.858 e. The van der Waals surface area contributed by atoms with E-state index in [1.54, 1.807) is 6.07 Å². The molecule has 0 spiro atoms. The largest absolute Gasteiger partial charge is 1.00 e. The van der Waals surface area contributed by atoms with Crippen LogP contribution in [-0.2, 0) is 0 Å². The molecule has 0 bridgehead atoms. The Kier molecular flexibility index (Phi) is 9.69. The van der Waals surface area contributed by atoms with E-state index in [-0.39, 0.29) is 70.5 Å². The number of carboxylic acids is 1. The number of aromatic carboxylic acids is 1. The summed E-state index contributed by atoms with van der Waals surface area (Å²) in [6.07, 6.45) is 0. The van der Waals surface area contributed by atoms with Crippen molar-refractivity contribution in [3.05, 3.63) is 16.8 Å². The van der Waals surface area contributed by atoms with Gasteiger partial charge in [-0.05, 0) is 12.0 Å². The second-order valence-electron chi connectivity index (χ2n) is 3.66. The van der Waals surface area contributed by atoms with Crippen molar-refractivity contribution < 1.29 is 79.6 Å². The first-order valence-electron chi connectivity index (χ1n) is 4.69. The molecule has 19 heavy (non-hydrogen) atoms. The molecule has 92 valence electrons. The molecule has 9 heteroatoms. The zero-order chi connectivity index (χ0) is 11.9. The predicted octanol–water partition coefficient (Wildman–Crippen LogP) is -6.56. The quantitative estimate of drug-likeness (QED) is 0.511. The van der Waals surface area contributed by atoms with Gasteiger partial charge in [0.2, 0.25) is 0 Å². The van der Waals surface area contributed by atoms with E-state index in [0.717, 1.165) is 4.88 Å². The molecule has 0 aliphatic carbocycles. The first-order valence-corrected chi connectivity index (χ1v) is 5.50. The van der Waals surface area contributed by atoms with Crippen LogP contribution in [0.2, 0.25) is 0 Å². The van der Waals surface area contributed by atoms with Crippen molar-refractivity contribution in [3.63, 3.8) is 0 Å². The van der Waals surface area contributed by atoms with Crippen LogP contribution in [0, 0.1) is 0 Å². The molecular formula is C10H10N2Na2O4S.